The number of hydrogen-bond donors (Lipinski definition) is 3. The van der Waals surface area contributed by atoms with Gasteiger partial charge in [-0.05, 0) is 82.0 Å². The summed E-state index contributed by atoms with van der Waals surface area (Å²) in [6.45, 7) is 4.21. The third-order valence-corrected chi connectivity index (χ3v) is 7.28. The zero-order valence-electron chi connectivity index (χ0n) is 22.9. The zero-order chi connectivity index (χ0) is 29.7. The van der Waals surface area contributed by atoms with E-state index in [9.17, 15) is 23.8 Å². The molecule has 11 heteroatoms. The number of amides is 1. The van der Waals surface area contributed by atoms with Crippen LogP contribution in [-0.4, -0.2) is 45.0 Å². The number of benzene rings is 2. The highest BCUT2D eigenvalue weighted by Crippen LogP contribution is 2.46. The Hall–Kier alpha value is -4.09. The largest absolute Gasteiger partial charge is 0.494 e. The summed E-state index contributed by atoms with van der Waals surface area (Å²) in [6.07, 6.45) is 1.23. The topological polar surface area (TPSA) is 117 Å². The molecular weight excluding hydrogens is 537 g/mol. The van der Waals surface area contributed by atoms with Gasteiger partial charge in [0.15, 0.2) is 17.5 Å². The highest BCUT2D eigenvalue weighted by Gasteiger charge is 2.47. The Kier molecular flexibility index (Phi) is 7.20. The van der Waals surface area contributed by atoms with Gasteiger partial charge < -0.3 is 20.3 Å². The molecule has 214 valence electrons. The van der Waals surface area contributed by atoms with E-state index in [2.05, 4.69) is 20.5 Å². The number of halogens is 3. The van der Waals surface area contributed by atoms with Crippen molar-refractivity contribution in [3.05, 3.63) is 82.4 Å². The van der Waals surface area contributed by atoms with Crippen LogP contribution in [0.1, 0.15) is 54.0 Å². The van der Waals surface area contributed by atoms with Crippen LogP contribution in [0.3, 0.4) is 0 Å². The van der Waals surface area contributed by atoms with Crippen LogP contribution < -0.4 is 10.1 Å². The fraction of sp³-hybridized carbons (Fsp3) is 0.333. The Morgan fingerprint density at radius 3 is 2.41 bits per heavy atom. The molecule has 5 rings (SSSR count). The first kappa shape index (κ1) is 28.4. The Morgan fingerprint density at radius 1 is 1.05 bits per heavy atom. The lowest BCUT2D eigenvalue weighted by Crippen LogP contribution is -2.43. The molecule has 2 heterocycles. The molecule has 1 atom stereocenters. The second kappa shape index (κ2) is 10.4. The van der Waals surface area contributed by atoms with Crippen LogP contribution in [0.2, 0.25) is 0 Å². The van der Waals surface area contributed by atoms with Gasteiger partial charge in [-0.15, -0.1) is 5.10 Å². The summed E-state index contributed by atoms with van der Waals surface area (Å²) < 4.78 is 48.7. The quantitative estimate of drug-likeness (QED) is 0.284. The summed E-state index contributed by atoms with van der Waals surface area (Å²) in [5, 5.41) is 34.2. The van der Waals surface area contributed by atoms with Crippen molar-refractivity contribution in [2.45, 2.75) is 44.8 Å². The number of methoxy groups -OCH3 is 1. The monoisotopic (exact) mass is 566 g/mol. The highest BCUT2D eigenvalue weighted by molar-refractivity contribution is 5.99. The Balaban J connectivity index is 1.54. The van der Waals surface area contributed by atoms with Gasteiger partial charge in [0.25, 0.3) is 5.91 Å². The van der Waals surface area contributed by atoms with Gasteiger partial charge in [0, 0.05) is 22.1 Å². The van der Waals surface area contributed by atoms with Crippen molar-refractivity contribution < 1.29 is 32.9 Å². The van der Waals surface area contributed by atoms with Gasteiger partial charge >= 0.3 is 0 Å². The van der Waals surface area contributed by atoms with Crippen LogP contribution >= 0.6 is 0 Å². The van der Waals surface area contributed by atoms with Crippen LogP contribution in [0.15, 0.2) is 42.5 Å². The average molecular weight is 567 g/mol. The smallest absolute Gasteiger partial charge is 0.251 e. The molecule has 8 nitrogen and oxygen atoms in total. The lowest BCUT2D eigenvalue weighted by molar-refractivity contribution is 0.00864. The molecule has 0 aliphatic heterocycles. The molecule has 0 unspecified atom stereocenters. The van der Waals surface area contributed by atoms with E-state index in [4.69, 9.17) is 4.74 Å². The molecule has 1 aliphatic rings. The maximum absolute atomic E-state index is 15.6. The minimum atomic E-state index is -1.75. The van der Waals surface area contributed by atoms with E-state index in [0.717, 1.165) is 12.1 Å². The summed E-state index contributed by atoms with van der Waals surface area (Å²) in [5.74, 6) is -3.73. The van der Waals surface area contributed by atoms with Crippen LogP contribution in [0.5, 0.6) is 5.75 Å². The van der Waals surface area contributed by atoms with E-state index in [0.29, 0.717) is 35.2 Å². The van der Waals surface area contributed by atoms with Crippen molar-refractivity contribution >= 4 is 16.8 Å². The number of nitrogens with one attached hydrogen (secondary N) is 1. The SMILES string of the molecule is COc1cc(C(=O)NC[C@](O)(c2cc(C(C)(C)O)c(F)c(-c3ccc(F)c(F)c3)n2)C2CC2)cc2cc(C)nnc12. The van der Waals surface area contributed by atoms with Crippen molar-refractivity contribution in [2.75, 3.05) is 13.7 Å². The number of pyridine rings is 1. The van der Waals surface area contributed by atoms with Gasteiger partial charge in [-0.3, -0.25) is 4.79 Å². The second-order valence-corrected chi connectivity index (χ2v) is 10.9. The number of nitrogens with zero attached hydrogens (tertiary/aromatic N) is 3. The number of aryl methyl sites for hydroxylation is 1. The molecule has 3 N–H and O–H groups in total. The van der Waals surface area contributed by atoms with Gasteiger partial charge in [-0.1, -0.05) is 0 Å². The fourth-order valence-corrected chi connectivity index (χ4v) is 4.87. The molecule has 1 saturated carbocycles. The average Bonchev–Trinajstić information content (AvgIpc) is 3.78. The molecule has 0 saturated heterocycles. The van der Waals surface area contributed by atoms with E-state index in [1.165, 1.54) is 39.2 Å². The number of carbonyl (C=O) groups is 1. The molecule has 1 aliphatic carbocycles. The van der Waals surface area contributed by atoms with E-state index in [1.807, 2.05) is 0 Å². The molecule has 0 bridgehead atoms. The third kappa shape index (κ3) is 5.47. The van der Waals surface area contributed by atoms with Crippen LogP contribution in [0.25, 0.3) is 22.2 Å². The molecule has 0 spiro atoms. The first-order valence-corrected chi connectivity index (χ1v) is 13.0. The fourth-order valence-electron chi connectivity index (χ4n) is 4.87. The number of hydrogen-bond acceptors (Lipinski definition) is 7. The molecule has 0 radical (unpaired) electrons. The second-order valence-electron chi connectivity index (χ2n) is 10.9. The van der Waals surface area contributed by atoms with E-state index in [-0.39, 0.29) is 40.5 Å². The highest BCUT2D eigenvalue weighted by atomic mass is 19.2. The third-order valence-electron chi connectivity index (χ3n) is 7.28. The maximum Gasteiger partial charge on any atom is 0.251 e. The number of ether oxygens (including phenoxy) is 1. The molecule has 1 amide bonds. The van der Waals surface area contributed by atoms with E-state index in [1.54, 1.807) is 19.1 Å². The number of rotatable bonds is 8. The van der Waals surface area contributed by atoms with E-state index >= 15 is 4.39 Å². The molecule has 41 heavy (non-hydrogen) atoms. The minimum Gasteiger partial charge on any atom is -0.494 e. The number of aliphatic hydroxyl groups is 2. The first-order chi connectivity index (χ1) is 19.3. The maximum atomic E-state index is 15.6. The summed E-state index contributed by atoms with van der Waals surface area (Å²) >= 11 is 0. The van der Waals surface area contributed by atoms with Gasteiger partial charge in [-0.25, -0.2) is 18.2 Å². The predicted octanol–water partition coefficient (Wildman–Crippen LogP) is 4.68. The lowest BCUT2D eigenvalue weighted by Gasteiger charge is -2.31. The standard InChI is InChI=1S/C30H29F3N4O4/c1-15-9-17-10-18(12-23(41-4)26(17)37-36-15)28(38)34-14-30(40,19-6-7-19)24-13-20(29(2,3)39)25(33)27(35-24)16-5-8-21(31)22(32)11-16/h5,8-13,19,39-40H,6-7,14H2,1-4H3,(H,34,38)/t30-/m1/s1. The number of aromatic nitrogens is 3. The number of fused-ring (bicyclic) bond motifs is 1. The normalized spacial score (nSPS) is 15.0. The Morgan fingerprint density at radius 2 is 1.78 bits per heavy atom. The Labute approximate surface area is 234 Å². The van der Waals surface area contributed by atoms with E-state index < -0.39 is 34.6 Å². The molecule has 1 fully saturated rings. The summed E-state index contributed by atoms with van der Waals surface area (Å²) in [5.41, 5.74) is -2.69. The first-order valence-electron chi connectivity index (χ1n) is 13.0. The summed E-state index contributed by atoms with van der Waals surface area (Å²) in [4.78, 5) is 17.6. The Bertz CT molecular complexity index is 1670. The molecular formula is C30H29F3N4O4. The van der Waals surface area contributed by atoms with Crippen LogP contribution in [0, 0.1) is 30.3 Å². The molecule has 2 aromatic carbocycles. The minimum absolute atomic E-state index is 0.0134. The van der Waals surface area contributed by atoms with Crippen LogP contribution in [0.4, 0.5) is 13.2 Å². The predicted molar refractivity (Wildman–Crippen MR) is 145 cm³/mol. The summed E-state index contributed by atoms with van der Waals surface area (Å²) in [6, 6.07) is 8.98. The molecule has 4 aromatic rings. The van der Waals surface area contributed by atoms with Crippen molar-refractivity contribution in [1.82, 2.24) is 20.5 Å². The zero-order valence-corrected chi connectivity index (χ0v) is 22.9. The van der Waals surface area contributed by atoms with Gasteiger partial charge in [0.2, 0.25) is 0 Å². The van der Waals surface area contributed by atoms with Gasteiger partial charge in [0.1, 0.15) is 22.6 Å². The van der Waals surface area contributed by atoms with Crippen molar-refractivity contribution in [2.24, 2.45) is 5.92 Å². The lowest BCUT2D eigenvalue weighted by atomic mass is 9.87. The van der Waals surface area contributed by atoms with Gasteiger partial charge in [0.05, 0.1) is 30.6 Å². The van der Waals surface area contributed by atoms with Crippen LogP contribution in [-0.2, 0) is 11.2 Å². The van der Waals surface area contributed by atoms with Gasteiger partial charge in [-0.2, -0.15) is 5.10 Å². The summed E-state index contributed by atoms with van der Waals surface area (Å²) in [7, 11) is 1.45. The van der Waals surface area contributed by atoms with Crippen molar-refractivity contribution in [3.63, 3.8) is 0 Å². The van der Waals surface area contributed by atoms with Crippen molar-refractivity contribution in [3.8, 4) is 17.0 Å². The van der Waals surface area contributed by atoms with Crippen molar-refractivity contribution in [1.29, 1.82) is 0 Å². The number of carbonyl (C=O) groups excluding carboxylic acids is 1. The molecule has 2 aromatic heterocycles.